The first-order chi connectivity index (χ1) is 11.3. The zero-order valence-electron chi connectivity index (χ0n) is 13.1. The van der Waals surface area contributed by atoms with Gasteiger partial charge in [0.2, 0.25) is 0 Å². The van der Waals surface area contributed by atoms with Crippen LogP contribution in [-0.2, 0) is 11.2 Å². The van der Waals surface area contributed by atoms with Crippen LogP contribution in [0.5, 0.6) is 5.75 Å². The van der Waals surface area contributed by atoms with Crippen LogP contribution < -0.4 is 4.74 Å². The number of rotatable bonds is 6. The summed E-state index contributed by atoms with van der Waals surface area (Å²) in [5, 5.41) is 6.79. The molecule has 0 atom stereocenters. The number of carbonyl (C=O) groups excluding carboxylic acids is 1. The number of aromatic nitrogens is 2. The largest absolute Gasteiger partial charge is 0.484 e. The van der Waals surface area contributed by atoms with Crippen LogP contribution in [0.25, 0.3) is 0 Å². The number of carbonyl (C=O) groups is 1. The Bertz CT molecular complexity index is 592. The molecular weight excluding hydrogens is 292 g/mol. The summed E-state index contributed by atoms with van der Waals surface area (Å²) in [5.74, 6) is 0.794. The monoisotopic (exact) mass is 314 g/mol. The van der Waals surface area contributed by atoms with Crippen molar-refractivity contribution in [2.24, 2.45) is 0 Å². The van der Waals surface area contributed by atoms with E-state index in [9.17, 15) is 4.79 Å². The fourth-order valence-electron chi connectivity index (χ4n) is 2.68. The summed E-state index contributed by atoms with van der Waals surface area (Å²) in [6.07, 6.45) is 4.78. The smallest absolute Gasteiger partial charge is 0.260 e. The first-order valence-corrected chi connectivity index (χ1v) is 7.97. The second-order valence-corrected chi connectivity index (χ2v) is 5.68. The van der Waals surface area contributed by atoms with Crippen LogP contribution in [0.1, 0.15) is 5.56 Å². The first-order valence-electron chi connectivity index (χ1n) is 7.97. The van der Waals surface area contributed by atoms with Crippen LogP contribution in [0.4, 0.5) is 0 Å². The second-order valence-electron chi connectivity index (χ2n) is 5.68. The van der Waals surface area contributed by atoms with E-state index in [1.807, 2.05) is 47.6 Å². The predicted octanol–water partition coefficient (Wildman–Crippen LogP) is 1.18. The van der Waals surface area contributed by atoms with E-state index in [2.05, 4.69) is 15.1 Å². The lowest BCUT2D eigenvalue weighted by Crippen LogP contribution is -2.50. The van der Waals surface area contributed by atoms with Gasteiger partial charge in [-0.1, -0.05) is 18.2 Å². The molecule has 0 bridgehead atoms. The number of piperazine rings is 1. The lowest BCUT2D eigenvalue weighted by atomic mass is 10.2. The van der Waals surface area contributed by atoms with Crippen molar-refractivity contribution in [1.82, 2.24) is 20.0 Å². The number of aromatic amines is 1. The van der Waals surface area contributed by atoms with E-state index >= 15 is 0 Å². The van der Waals surface area contributed by atoms with Crippen molar-refractivity contribution in [3.63, 3.8) is 0 Å². The van der Waals surface area contributed by atoms with Crippen LogP contribution >= 0.6 is 0 Å². The van der Waals surface area contributed by atoms with Gasteiger partial charge in [0, 0.05) is 38.9 Å². The van der Waals surface area contributed by atoms with Gasteiger partial charge in [0.1, 0.15) is 5.75 Å². The number of nitrogens with one attached hydrogen (secondary N) is 1. The van der Waals surface area contributed by atoms with Crippen molar-refractivity contribution in [3.05, 3.63) is 48.3 Å². The summed E-state index contributed by atoms with van der Waals surface area (Å²) in [4.78, 5) is 16.5. The normalized spacial score (nSPS) is 15.6. The van der Waals surface area contributed by atoms with Crippen molar-refractivity contribution < 1.29 is 9.53 Å². The summed E-state index contributed by atoms with van der Waals surface area (Å²) >= 11 is 0. The molecule has 1 amide bonds. The Morgan fingerprint density at radius 1 is 1.17 bits per heavy atom. The van der Waals surface area contributed by atoms with Gasteiger partial charge in [-0.05, 0) is 24.1 Å². The molecule has 1 aliphatic rings. The van der Waals surface area contributed by atoms with E-state index < -0.39 is 0 Å². The molecule has 1 aromatic heterocycles. The topological polar surface area (TPSA) is 61.5 Å². The Morgan fingerprint density at radius 3 is 2.65 bits per heavy atom. The summed E-state index contributed by atoms with van der Waals surface area (Å²) in [5.41, 5.74) is 1.22. The zero-order chi connectivity index (χ0) is 15.9. The minimum atomic E-state index is 0.0586. The molecule has 0 unspecified atom stereocenters. The maximum Gasteiger partial charge on any atom is 0.260 e. The van der Waals surface area contributed by atoms with Gasteiger partial charge >= 0.3 is 0 Å². The third-order valence-electron chi connectivity index (χ3n) is 4.10. The second kappa shape index (κ2) is 7.78. The third-order valence-corrected chi connectivity index (χ3v) is 4.10. The quantitative estimate of drug-likeness (QED) is 0.869. The highest BCUT2D eigenvalue weighted by molar-refractivity contribution is 5.77. The van der Waals surface area contributed by atoms with Gasteiger partial charge in [-0.25, -0.2) is 0 Å². The van der Waals surface area contributed by atoms with Crippen molar-refractivity contribution in [2.45, 2.75) is 6.42 Å². The van der Waals surface area contributed by atoms with E-state index in [1.165, 1.54) is 5.56 Å². The molecule has 122 valence electrons. The number of amides is 1. The number of ether oxygens (including phenoxy) is 1. The van der Waals surface area contributed by atoms with Crippen LogP contribution in [0, 0.1) is 0 Å². The molecule has 0 aliphatic carbocycles. The summed E-state index contributed by atoms with van der Waals surface area (Å²) in [6, 6.07) is 9.46. The number of H-pyrrole nitrogens is 1. The molecule has 6 nitrogen and oxygen atoms in total. The molecule has 3 rings (SSSR count). The predicted molar refractivity (Wildman–Crippen MR) is 87.2 cm³/mol. The Labute approximate surface area is 136 Å². The molecule has 2 heterocycles. The van der Waals surface area contributed by atoms with Gasteiger partial charge < -0.3 is 9.64 Å². The molecule has 6 heteroatoms. The maximum atomic E-state index is 12.2. The average molecular weight is 314 g/mol. The zero-order valence-corrected chi connectivity index (χ0v) is 13.1. The van der Waals surface area contributed by atoms with Gasteiger partial charge in [0.15, 0.2) is 6.61 Å². The SMILES string of the molecule is O=C(COc1ccccc1)N1CCN(CCc2cn[nH]c2)CC1. The highest BCUT2D eigenvalue weighted by Crippen LogP contribution is 2.09. The van der Waals surface area contributed by atoms with Crippen molar-refractivity contribution >= 4 is 5.91 Å². The fourth-order valence-corrected chi connectivity index (χ4v) is 2.68. The van der Waals surface area contributed by atoms with E-state index in [0.717, 1.165) is 44.9 Å². The number of nitrogens with zero attached hydrogens (tertiary/aromatic N) is 3. The number of benzene rings is 1. The Morgan fingerprint density at radius 2 is 1.96 bits per heavy atom. The van der Waals surface area contributed by atoms with E-state index in [0.29, 0.717) is 0 Å². The minimum Gasteiger partial charge on any atom is -0.484 e. The van der Waals surface area contributed by atoms with Crippen LogP contribution in [-0.4, -0.2) is 65.2 Å². The van der Waals surface area contributed by atoms with Gasteiger partial charge in [-0.2, -0.15) is 5.10 Å². The lowest BCUT2D eigenvalue weighted by molar-refractivity contribution is -0.135. The molecule has 1 fully saturated rings. The molecule has 1 N–H and O–H groups in total. The van der Waals surface area contributed by atoms with Crippen LogP contribution in [0.2, 0.25) is 0 Å². The number of hydrogen-bond donors (Lipinski definition) is 1. The Balaban J connectivity index is 1.37. The minimum absolute atomic E-state index is 0.0586. The number of hydrogen-bond acceptors (Lipinski definition) is 4. The van der Waals surface area contributed by atoms with Crippen LogP contribution in [0.3, 0.4) is 0 Å². The highest BCUT2D eigenvalue weighted by atomic mass is 16.5. The van der Waals surface area contributed by atoms with E-state index in [1.54, 1.807) is 0 Å². The Kier molecular flexibility index (Phi) is 5.26. The molecule has 1 aliphatic heterocycles. The lowest BCUT2D eigenvalue weighted by Gasteiger charge is -2.34. The first kappa shape index (κ1) is 15.6. The van der Waals surface area contributed by atoms with E-state index in [4.69, 9.17) is 4.74 Å². The summed E-state index contributed by atoms with van der Waals surface area (Å²) in [6.45, 7) is 4.47. The van der Waals surface area contributed by atoms with E-state index in [-0.39, 0.29) is 12.5 Å². The summed E-state index contributed by atoms with van der Waals surface area (Å²) in [7, 11) is 0. The molecule has 2 aromatic rings. The average Bonchev–Trinajstić information content (AvgIpc) is 3.13. The maximum absolute atomic E-state index is 12.2. The fraction of sp³-hybridized carbons (Fsp3) is 0.412. The molecule has 1 saturated heterocycles. The van der Waals surface area contributed by atoms with Crippen molar-refractivity contribution in [2.75, 3.05) is 39.3 Å². The third kappa shape index (κ3) is 4.56. The van der Waals surface area contributed by atoms with Gasteiger partial charge in [0.25, 0.3) is 5.91 Å². The Hall–Kier alpha value is -2.34. The highest BCUT2D eigenvalue weighted by Gasteiger charge is 2.21. The standard InChI is InChI=1S/C17H22N4O2/c22-17(14-23-16-4-2-1-3-5-16)21-10-8-20(9-11-21)7-6-15-12-18-19-13-15/h1-5,12-13H,6-11,14H2,(H,18,19). The number of para-hydroxylation sites is 1. The van der Waals surface area contributed by atoms with Gasteiger partial charge in [-0.3, -0.25) is 14.8 Å². The summed E-state index contributed by atoms with van der Waals surface area (Å²) < 4.78 is 5.53. The van der Waals surface area contributed by atoms with Crippen LogP contribution in [0.15, 0.2) is 42.7 Å². The van der Waals surface area contributed by atoms with Gasteiger partial charge in [-0.15, -0.1) is 0 Å². The molecule has 0 radical (unpaired) electrons. The van der Waals surface area contributed by atoms with Crippen molar-refractivity contribution in [3.8, 4) is 5.75 Å². The molecule has 1 aromatic carbocycles. The molecule has 0 spiro atoms. The van der Waals surface area contributed by atoms with Gasteiger partial charge in [0.05, 0.1) is 6.20 Å². The molecule has 23 heavy (non-hydrogen) atoms. The molecule has 0 saturated carbocycles. The van der Waals surface area contributed by atoms with Crippen molar-refractivity contribution in [1.29, 1.82) is 0 Å². The molecular formula is C17H22N4O2.